The van der Waals surface area contributed by atoms with Gasteiger partial charge in [-0.25, -0.2) is 9.59 Å². The number of carbonyl (C=O) groups excluding carboxylic acids is 4. The van der Waals surface area contributed by atoms with Gasteiger partial charge in [0.15, 0.2) is 0 Å². The number of anilines is 2. The van der Waals surface area contributed by atoms with Crippen molar-refractivity contribution in [3.8, 4) is 0 Å². The molecular formula is C29H35N3O6. The molecule has 0 aromatic heterocycles. The van der Waals surface area contributed by atoms with Gasteiger partial charge in [-0.05, 0) is 78.6 Å². The summed E-state index contributed by atoms with van der Waals surface area (Å²) in [6.45, 7) is 12.1. The third kappa shape index (κ3) is 6.79. The average molecular weight is 522 g/mol. The Kier molecular flexibility index (Phi) is 8.29. The molecule has 0 saturated carbocycles. The second kappa shape index (κ2) is 11.1. The zero-order valence-electron chi connectivity index (χ0n) is 22.9. The molecular weight excluding hydrogens is 486 g/mol. The Labute approximate surface area is 223 Å². The van der Waals surface area contributed by atoms with Crippen LogP contribution in [0.1, 0.15) is 59.6 Å². The molecule has 1 aliphatic heterocycles. The van der Waals surface area contributed by atoms with Gasteiger partial charge in [0.05, 0.1) is 22.1 Å². The van der Waals surface area contributed by atoms with Gasteiger partial charge >= 0.3 is 18.0 Å². The Morgan fingerprint density at radius 1 is 0.895 bits per heavy atom. The van der Waals surface area contributed by atoms with Crippen LogP contribution in [0.5, 0.6) is 0 Å². The molecule has 0 aliphatic carbocycles. The van der Waals surface area contributed by atoms with Crippen molar-refractivity contribution >= 4 is 40.8 Å². The van der Waals surface area contributed by atoms with E-state index in [-0.39, 0.29) is 17.0 Å². The Balaban J connectivity index is 1.86. The summed E-state index contributed by atoms with van der Waals surface area (Å²) < 4.78 is 5.50. The first kappa shape index (κ1) is 28.4. The Morgan fingerprint density at radius 2 is 1.53 bits per heavy atom. The van der Waals surface area contributed by atoms with Crippen molar-refractivity contribution in [3.05, 3.63) is 65.4 Å². The molecule has 0 saturated heterocycles. The van der Waals surface area contributed by atoms with Crippen LogP contribution in [-0.4, -0.2) is 30.4 Å². The minimum Gasteiger partial charge on any atom is -0.430 e. The highest BCUT2D eigenvalue weighted by Gasteiger charge is 2.40. The number of benzene rings is 2. The SMILES string of the molecule is C/C(OC(=O)C(C)(C)C)=C1/C(=O)N(OC(=O)C(C)(C)C)c2cc(NC(=O)NCCc3ccccc3)ccc21. The van der Waals surface area contributed by atoms with Gasteiger partial charge in [0.2, 0.25) is 0 Å². The van der Waals surface area contributed by atoms with Crippen molar-refractivity contribution in [1.29, 1.82) is 0 Å². The van der Waals surface area contributed by atoms with Crippen LogP contribution in [0.15, 0.2) is 54.3 Å². The van der Waals surface area contributed by atoms with E-state index < -0.39 is 34.7 Å². The number of esters is 1. The summed E-state index contributed by atoms with van der Waals surface area (Å²) in [6, 6.07) is 14.1. The normalized spacial score (nSPS) is 14.5. The molecule has 9 nitrogen and oxygen atoms in total. The van der Waals surface area contributed by atoms with Gasteiger partial charge in [-0.3, -0.25) is 9.59 Å². The van der Waals surface area contributed by atoms with E-state index in [1.807, 2.05) is 30.3 Å². The molecule has 1 heterocycles. The highest BCUT2D eigenvalue weighted by Crippen LogP contribution is 2.41. The molecule has 2 N–H and O–H groups in total. The van der Waals surface area contributed by atoms with Crippen LogP contribution in [-0.2, 0) is 30.4 Å². The van der Waals surface area contributed by atoms with Gasteiger partial charge in [-0.1, -0.05) is 30.3 Å². The largest absolute Gasteiger partial charge is 0.430 e. The van der Waals surface area contributed by atoms with E-state index in [1.54, 1.807) is 53.7 Å². The predicted molar refractivity (Wildman–Crippen MR) is 145 cm³/mol. The molecule has 3 rings (SSSR count). The van der Waals surface area contributed by atoms with Gasteiger partial charge in [-0.2, -0.15) is 0 Å². The molecule has 9 heteroatoms. The number of amides is 3. The molecule has 38 heavy (non-hydrogen) atoms. The number of hydroxylamine groups is 1. The number of hydrogen-bond donors (Lipinski definition) is 2. The summed E-state index contributed by atoms with van der Waals surface area (Å²) in [5.41, 5.74) is 0.569. The zero-order valence-corrected chi connectivity index (χ0v) is 22.9. The van der Waals surface area contributed by atoms with Crippen LogP contribution in [0.25, 0.3) is 5.57 Å². The number of carbonyl (C=O) groups is 4. The third-order valence-corrected chi connectivity index (χ3v) is 5.68. The molecule has 2 aromatic rings. The van der Waals surface area contributed by atoms with Gasteiger partial charge in [0.25, 0.3) is 5.91 Å². The number of allylic oxidation sites excluding steroid dienone is 1. The molecule has 202 valence electrons. The molecule has 0 atom stereocenters. The van der Waals surface area contributed by atoms with Crippen molar-refractivity contribution in [2.75, 3.05) is 16.9 Å². The lowest BCUT2D eigenvalue weighted by molar-refractivity contribution is -0.157. The van der Waals surface area contributed by atoms with Crippen LogP contribution >= 0.6 is 0 Å². The maximum absolute atomic E-state index is 13.4. The van der Waals surface area contributed by atoms with Gasteiger partial charge in [-0.15, -0.1) is 5.06 Å². The molecule has 0 spiro atoms. The third-order valence-electron chi connectivity index (χ3n) is 5.68. The smallest absolute Gasteiger partial charge is 0.338 e. The number of hydrogen-bond acceptors (Lipinski definition) is 6. The van der Waals surface area contributed by atoms with Crippen molar-refractivity contribution in [2.45, 2.75) is 54.9 Å². The highest BCUT2D eigenvalue weighted by atomic mass is 16.7. The second-order valence-corrected chi connectivity index (χ2v) is 11.1. The van der Waals surface area contributed by atoms with E-state index >= 15 is 0 Å². The summed E-state index contributed by atoms with van der Waals surface area (Å²) in [7, 11) is 0. The first-order valence-electron chi connectivity index (χ1n) is 12.4. The number of urea groups is 1. The molecule has 0 fully saturated rings. The Morgan fingerprint density at radius 3 is 2.13 bits per heavy atom. The van der Waals surface area contributed by atoms with Crippen LogP contribution in [0.2, 0.25) is 0 Å². The second-order valence-electron chi connectivity index (χ2n) is 11.1. The van der Waals surface area contributed by atoms with Crippen molar-refractivity contribution < 1.29 is 28.8 Å². The minimum absolute atomic E-state index is 0.0878. The molecule has 3 amide bonds. The fourth-order valence-corrected chi connectivity index (χ4v) is 3.45. The summed E-state index contributed by atoms with van der Waals surface area (Å²) in [6.07, 6.45) is 0.671. The lowest BCUT2D eigenvalue weighted by atomic mass is 9.97. The van der Waals surface area contributed by atoms with Crippen molar-refractivity contribution in [2.24, 2.45) is 10.8 Å². The topological polar surface area (TPSA) is 114 Å². The lowest BCUT2D eigenvalue weighted by Gasteiger charge is -2.22. The fraction of sp³-hybridized carbons (Fsp3) is 0.379. The quantitative estimate of drug-likeness (QED) is 0.306. The van der Waals surface area contributed by atoms with Gasteiger partial charge in [0, 0.05) is 17.8 Å². The van der Waals surface area contributed by atoms with E-state index in [1.165, 1.54) is 13.0 Å². The van der Waals surface area contributed by atoms with E-state index in [0.29, 0.717) is 24.2 Å². The van der Waals surface area contributed by atoms with Crippen LogP contribution in [0.3, 0.4) is 0 Å². The molecule has 0 radical (unpaired) electrons. The Hall–Kier alpha value is -4.14. The van der Waals surface area contributed by atoms with E-state index in [2.05, 4.69) is 10.6 Å². The highest BCUT2D eigenvalue weighted by molar-refractivity contribution is 6.32. The number of nitrogens with zero attached hydrogens (tertiary/aromatic N) is 1. The maximum Gasteiger partial charge on any atom is 0.338 e. The minimum atomic E-state index is -0.880. The molecule has 1 aliphatic rings. The van der Waals surface area contributed by atoms with E-state index in [9.17, 15) is 19.2 Å². The summed E-state index contributed by atoms with van der Waals surface area (Å²) >= 11 is 0. The number of ether oxygens (including phenoxy) is 1. The first-order chi connectivity index (χ1) is 17.7. The van der Waals surface area contributed by atoms with Crippen LogP contribution in [0.4, 0.5) is 16.2 Å². The zero-order chi connectivity index (χ0) is 28.3. The standard InChI is InChI=1S/C29H35N3O6/c1-18(37-25(34)28(2,3)4)23-21-14-13-20(31-27(36)30-16-15-19-11-9-8-10-12-19)17-22(21)32(24(23)33)38-26(35)29(5,6)7/h8-14,17H,15-16H2,1-7H3,(H2,30,31,36)/b23-18-. The Bertz CT molecular complexity index is 1270. The lowest BCUT2D eigenvalue weighted by Crippen LogP contribution is -2.35. The summed E-state index contributed by atoms with van der Waals surface area (Å²) in [4.78, 5) is 56.5. The average Bonchev–Trinajstić information content (AvgIpc) is 3.09. The van der Waals surface area contributed by atoms with Crippen LogP contribution < -0.4 is 15.7 Å². The van der Waals surface area contributed by atoms with Gasteiger partial charge < -0.3 is 20.2 Å². The van der Waals surface area contributed by atoms with Gasteiger partial charge in [0.1, 0.15) is 5.76 Å². The van der Waals surface area contributed by atoms with Crippen molar-refractivity contribution in [1.82, 2.24) is 5.32 Å². The monoisotopic (exact) mass is 521 g/mol. The number of fused-ring (bicyclic) bond motifs is 1. The molecule has 0 unspecified atom stereocenters. The molecule has 0 bridgehead atoms. The number of rotatable bonds is 6. The summed E-state index contributed by atoms with van der Waals surface area (Å²) in [5.74, 6) is -1.70. The molecule has 2 aromatic carbocycles. The predicted octanol–water partition coefficient (Wildman–Crippen LogP) is 5.22. The van der Waals surface area contributed by atoms with Crippen LogP contribution in [0, 0.1) is 10.8 Å². The summed E-state index contributed by atoms with van der Waals surface area (Å²) in [5, 5.41) is 6.42. The maximum atomic E-state index is 13.4. The number of nitrogens with one attached hydrogen (secondary N) is 2. The van der Waals surface area contributed by atoms with Crippen molar-refractivity contribution in [3.63, 3.8) is 0 Å². The first-order valence-corrected chi connectivity index (χ1v) is 12.4. The van der Waals surface area contributed by atoms with E-state index in [4.69, 9.17) is 9.57 Å². The fourth-order valence-electron chi connectivity index (χ4n) is 3.45. The van der Waals surface area contributed by atoms with E-state index in [0.717, 1.165) is 10.6 Å².